The van der Waals surface area contributed by atoms with E-state index < -0.39 is 5.41 Å². The predicted molar refractivity (Wildman–Crippen MR) is 85.4 cm³/mol. The van der Waals surface area contributed by atoms with E-state index >= 15 is 0 Å². The van der Waals surface area contributed by atoms with Gasteiger partial charge in [0.1, 0.15) is 5.78 Å². The van der Waals surface area contributed by atoms with Gasteiger partial charge in [-0.25, -0.2) is 0 Å². The number of hydrogen-bond donors (Lipinski definition) is 0. The smallest absolute Gasteiger partial charge is 0.148 e. The third kappa shape index (κ3) is 3.41. The molecule has 1 aromatic heterocycles. The molecule has 21 heavy (non-hydrogen) atoms. The summed E-state index contributed by atoms with van der Waals surface area (Å²) in [5.41, 5.74) is 1.42. The van der Waals surface area contributed by atoms with E-state index in [-0.39, 0.29) is 5.78 Å². The van der Waals surface area contributed by atoms with Gasteiger partial charge >= 0.3 is 0 Å². The van der Waals surface area contributed by atoms with Gasteiger partial charge < -0.3 is 0 Å². The number of rotatable bonds is 6. The Labute approximate surface area is 127 Å². The molecule has 1 heterocycles. The van der Waals surface area contributed by atoms with Gasteiger partial charge in [-0.3, -0.25) is 9.48 Å². The van der Waals surface area contributed by atoms with Gasteiger partial charge in [0.05, 0.1) is 12.1 Å². The zero-order chi connectivity index (χ0) is 15.5. The van der Waals surface area contributed by atoms with Crippen molar-refractivity contribution in [3.8, 4) is 0 Å². The van der Waals surface area contributed by atoms with Crippen molar-refractivity contribution in [1.29, 1.82) is 0 Å². The number of nitrogens with zero attached hydrogens (tertiary/aromatic N) is 2. The normalized spacial score (nSPS) is 13.1. The molecule has 0 bridgehead atoms. The molecule has 1 aromatic carbocycles. The third-order valence-corrected chi connectivity index (χ3v) is 4.24. The molecule has 0 radical (unpaired) electrons. The summed E-state index contributed by atoms with van der Waals surface area (Å²) in [4.78, 5) is 12.6. The van der Waals surface area contributed by atoms with Gasteiger partial charge in [0.2, 0.25) is 0 Å². The van der Waals surface area contributed by atoms with Crippen molar-refractivity contribution in [2.24, 2.45) is 0 Å². The molecule has 0 amide bonds. The molecule has 3 heteroatoms. The van der Waals surface area contributed by atoms with Gasteiger partial charge in [-0.15, -0.1) is 0 Å². The second-order valence-corrected chi connectivity index (χ2v) is 6.14. The largest absolute Gasteiger partial charge is 0.298 e. The highest BCUT2D eigenvalue weighted by atomic mass is 16.1. The van der Waals surface area contributed by atoms with Crippen LogP contribution in [0.4, 0.5) is 0 Å². The molecule has 3 nitrogen and oxygen atoms in total. The van der Waals surface area contributed by atoms with Crippen LogP contribution in [0, 0.1) is 0 Å². The Morgan fingerprint density at radius 2 is 1.90 bits per heavy atom. The average Bonchev–Trinajstić information content (AvgIpc) is 2.95. The first-order chi connectivity index (χ1) is 9.95. The number of benzene rings is 1. The highest BCUT2D eigenvalue weighted by Crippen LogP contribution is 2.25. The lowest BCUT2D eigenvalue weighted by Crippen LogP contribution is -2.30. The van der Waals surface area contributed by atoms with Gasteiger partial charge in [0.25, 0.3) is 0 Å². The van der Waals surface area contributed by atoms with Crippen LogP contribution in [0.5, 0.6) is 0 Å². The Morgan fingerprint density at radius 1 is 1.24 bits per heavy atom. The topological polar surface area (TPSA) is 34.9 Å². The van der Waals surface area contributed by atoms with Crippen molar-refractivity contribution in [3.63, 3.8) is 0 Å². The fraction of sp³-hybridized carbons (Fsp3) is 0.444. The number of carbonyl (C=O) groups excluding carboxylic acids is 1. The molecule has 0 saturated carbocycles. The van der Waals surface area contributed by atoms with E-state index in [0.717, 1.165) is 17.7 Å². The van der Waals surface area contributed by atoms with Gasteiger partial charge in [0, 0.05) is 17.7 Å². The van der Waals surface area contributed by atoms with Crippen molar-refractivity contribution in [1.82, 2.24) is 9.78 Å². The maximum absolute atomic E-state index is 12.6. The Morgan fingerprint density at radius 3 is 2.52 bits per heavy atom. The van der Waals surface area contributed by atoms with Gasteiger partial charge in [-0.05, 0) is 38.8 Å². The van der Waals surface area contributed by atoms with Crippen LogP contribution in [0.2, 0.25) is 0 Å². The molecule has 0 fully saturated rings. The van der Waals surface area contributed by atoms with Crippen LogP contribution in [0.25, 0.3) is 0 Å². The second kappa shape index (κ2) is 6.25. The maximum Gasteiger partial charge on any atom is 0.148 e. The Kier molecular flexibility index (Phi) is 4.61. The highest BCUT2D eigenvalue weighted by Gasteiger charge is 2.29. The summed E-state index contributed by atoms with van der Waals surface area (Å²) in [6.45, 7) is 8.23. The third-order valence-electron chi connectivity index (χ3n) is 4.24. The van der Waals surface area contributed by atoms with Crippen LogP contribution in [0.15, 0.2) is 42.6 Å². The first-order valence-corrected chi connectivity index (χ1v) is 7.58. The number of ketones is 1. The molecular formula is C18H24N2O. The SMILES string of the molecule is CCC(C)n1ccc(CC(=O)C(C)(C)c2ccccc2)n1. The van der Waals surface area contributed by atoms with Crippen LogP contribution in [0.1, 0.15) is 51.4 Å². The average molecular weight is 284 g/mol. The summed E-state index contributed by atoms with van der Waals surface area (Å²) < 4.78 is 1.94. The molecule has 2 rings (SSSR count). The number of carbonyl (C=O) groups is 1. The summed E-state index contributed by atoms with van der Waals surface area (Å²) in [5.74, 6) is 0.197. The summed E-state index contributed by atoms with van der Waals surface area (Å²) >= 11 is 0. The molecule has 0 spiro atoms. The van der Waals surface area contributed by atoms with Gasteiger partial charge in [-0.2, -0.15) is 5.10 Å². The summed E-state index contributed by atoms with van der Waals surface area (Å²) in [5, 5.41) is 4.52. The minimum Gasteiger partial charge on any atom is -0.298 e. The van der Waals surface area contributed by atoms with Crippen molar-refractivity contribution < 1.29 is 4.79 Å². The molecule has 1 atom stereocenters. The van der Waals surface area contributed by atoms with Crippen LogP contribution < -0.4 is 0 Å². The molecule has 2 aromatic rings. The summed E-state index contributed by atoms with van der Waals surface area (Å²) in [6.07, 6.45) is 3.38. The molecule has 1 unspecified atom stereocenters. The zero-order valence-electron chi connectivity index (χ0n) is 13.3. The molecule has 112 valence electrons. The lowest BCUT2D eigenvalue weighted by atomic mass is 9.79. The van der Waals surface area contributed by atoms with Crippen molar-refractivity contribution in [2.75, 3.05) is 0 Å². The van der Waals surface area contributed by atoms with Crippen LogP contribution in [0.3, 0.4) is 0 Å². The molecule has 0 aliphatic rings. The Hall–Kier alpha value is -1.90. The molecule has 0 saturated heterocycles. The number of aromatic nitrogens is 2. The van der Waals surface area contributed by atoms with Crippen molar-refractivity contribution in [2.45, 2.75) is 52.0 Å². The number of Topliss-reactive ketones (excluding diaryl/α,β-unsaturated/α-hetero) is 1. The first-order valence-electron chi connectivity index (χ1n) is 7.58. The van der Waals surface area contributed by atoms with Crippen molar-refractivity contribution in [3.05, 3.63) is 53.9 Å². The van der Waals surface area contributed by atoms with E-state index in [4.69, 9.17) is 0 Å². The van der Waals surface area contributed by atoms with E-state index in [1.54, 1.807) is 0 Å². The van der Waals surface area contributed by atoms with E-state index in [9.17, 15) is 4.79 Å². The van der Waals surface area contributed by atoms with Crippen LogP contribution >= 0.6 is 0 Å². The van der Waals surface area contributed by atoms with Crippen LogP contribution in [-0.4, -0.2) is 15.6 Å². The monoisotopic (exact) mass is 284 g/mol. The van der Waals surface area contributed by atoms with Gasteiger partial charge in [-0.1, -0.05) is 37.3 Å². The maximum atomic E-state index is 12.6. The summed E-state index contributed by atoms with van der Waals surface area (Å²) in [7, 11) is 0. The number of hydrogen-bond acceptors (Lipinski definition) is 2. The fourth-order valence-corrected chi connectivity index (χ4v) is 2.31. The van der Waals surface area contributed by atoms with E-state index in [0.29, 0.717) is 12.5 Å². The van der Waals surface area contributed by atoms with E-state index in [1.807, 2.05) is 61.1 Å². The van der Waals surface area contributed by atoms with Crippen molar-refractivity contribution >= 4 is 5.78 Å². The minimum atomic E-state index is -0.485. The lowest BCUT2D eigenvalue weighted by molar-refractivity contribution is -0.122. The lowest BCUT2D eigenvalue weighted by Gasteiger charge is -2.23. The Bertz CT molecular complexity index is 599. The van der Waals surface area contributed by atoms with E-state index in [2.05, 4.69) is 18.9 Å². The Balaban J connectivity index is 2.12. The van der Waals surface area contributed by atoms with Crippen LogP contribution in [-0.2, 0) is 16.6 Å². The van der Waals surface area contributed by atoms with Gasteiger partial charge in [0.15, 0.2) is 0 Å². The summed E-state index contributed by atoms with van der Waals surface area (Å²) in [6, 6.07) is 12.3. The predicted octanol–water partition coefficient (Wildman–Crippen LogP) is 3.94. The first kappa shape index (κ1) is 15.5. The molecule has 0 N–H and O–H groups in total. The van der Waals surface area contributed by atoms with E-state index in [1.165, 1.54) is 0 Å². The molecule has 0 aliphatic carbocycles. The minimum absolute atomic E-state index is 0.197. The standard InChI is InChI=1S/C18H24N2O/c1-5-14(2)20-12-11-16(19-20)13-17(21)18(3,4)15-9-7-6-8-10-15/h6-12,14H,5,13H2,1-4H3. The molecule has 0 aliphatic heterocycles. The highest BCUT2D eigenvalue weighted by molar-refractivity contribution is 5.90. The zero-order valence-corrected chi connectivity index (χ0v) is 13.3. The fourth-order valence-electron chi connectivity index (χ4n) is 2.31. The quantitative estimate of drug-likeness (QED) is 0.805. The molecular weight excluding hydrogens is 260 g/mol. The second-order valence-electron chi connectivity index (χ2n) is 6.14.